The van der Waals surface area contributed by atoms with Crippen molar-refractivity contribution >= 4 is 39.5 Å². The number of esters is 4. The molecule has 0 aromatic carbocycles. The van der Waals surface area contributed by atoms with E-state index in [2.05, 4.69) is 48.5 Å². The van der Waals surface area contributed by atoms with Crippen molar-refractivity contribution in [3.05, 3.63) is 0 Å². The van der Waals surface area contributed by atoms with Gasteiger partial charge in [0.1, 0.15) is 19.3 Å². The van der Waals surface area contributed by atoms with E-state index >= 15 is 0 Å². The summed E-state index contributed by atoms with van der Waals surface area (Å²) in [4.78, 5) is 72.4. The van der Waals surface area contributed by atoms with Gasteiger partial charge in [0.05, 0.1) is 26.4 Å². The first kappa shape index (κ1) is 89.1. The summed E-state index contributed by atoms with van der Waals surface area (Å²) in [5.74, 6) is 0.226. The van der Waals surface area contributed by atoms with E-state index in [1.54, 1.807) is 0 Å². The van der Waals surface area contributed by atoms with E-state index in [4.69, 9.17) is 37.0 Å². The van der Waals surface area contributed by atoms with Crippen molar-refractivity contribution in [1.82, 2.24) is 0 Å². The number of aliphatic hydroxyl groups is 1. The lowest BCUT2D eigenvalue weighted by atomic mass is 9.99. The zero-order valence-electron chi connectivity index (χ0n) is 59.3. The van der Waals surface area contributed by atoms with E-state index in [1.807, 2.05) is 0 Å². The van der Waals surface area contributed by atoms with Crippen LogP contribution >= 0.6 is 15.6 Å². The highest BCUT2D eigenvalue weighted by Crippen LogP contribution is 2.45. The average Bonchev–Trinajstić information content (AvgIpc) is 2.29. The standard InChI is InChI=1S/C72H140O17P2/c1-8-10-11-36-46-53-69(74)82-59-67(88-72(77)56-49-42-35-29-28-32-39-45-52-65(7)9-2)61-86-90(78,79)84-57-66(73)58-85-91(80,81)87-62-68(60-83-70(75)54-47-40-33-26-22-19-18-21-25-31-38-44-51-64(5)6)89-71(76)55-48-41-34-27-23-17-15-13-12-14-16-20-24-30-37-43-50-63(3)4/h63-68,73H,8-62H2,1-7H3,(H,78,79)(H,80,81)/t65?,66-,67+,68+/m0/s1. The van der Waals surface area contributed by atoms with Crippen LogP contribution in [0.15, 0.2) is 0 Å². The molecule has 3 N–H and O–H groups in total. The molecule has 0 aromatic heterocycles. The van der Waals surface area contributed by atoms with E-state index in [0.29, 0.717) is 25.7 Å². The van der Waals surface area contributed by atoms with Crippen molar-refractivity contribution in [3.63, 3.8) is 0 Å². The van der Waals surface area contributed by atoms with Gasteiger partial charge in [-0.1, -0.05) is 312 Å². The molecule has 0 saturated carbocycles. The molecule has 0 saturated heterocycles. The van der Waals surface area contributed by atoms with Gasteiger partial charge < -0.3 is 33.8 Å². The van der Waals surface area contributed by atoms with Crippen LogP contribution in [0.1, 0.15) is 363 Å². The quantitative estimate of drug-likeness (QED) is 0.0222. The first-order chi connectivity index (χ1) is 43.8. The minimum atomic E-state index is -4.95. The van der Waals surface area contributed by atoms with Crippen LogP contribution in [0.5, 0.6) is 0 Å². The van der Waals surface area contributed by atoms with E-state index in [1.165, 1.54) is 167 Å². The van der Waals surface area contributed by atoms with Crippen molar-refractivity contribution in [2.75, 3.05) is 39.6 Å². The van der Waals surface area contributed by atoms with Crippen molar-refractivity contribution in [3.8, 4) is 0 Å². The molecule has 0 aliphatic heterocycles. The molecule has 6 atom stereocenters. The molecule has 0 bridgehead atoms. The fraction of sp³-hybridized carbons (Fsp3) is 0.944. The molecule has 540 valence electrons. The third-order valence-corrected chi connectivity index (χ3v) is 18.9. The number of aliphatic hydroxyl groups excluding tert-OH is 1. The minimum Gasteiger partial charge on any atom is -0.462 e. The summed E-state index contributed by atoms with van der Waals surface area (Å²) in [5.41, 5.74) is 0. The first-order valence-corrected chi connectivity index (χ1v) is 40.4. The van der Waals surface area contributed by atoms with Gasteiger partial charge in [-0.3, -0.25) is 37.3 Å². The molecule has 0 radical (unpaired) electrons. The Hall–Kier alpha value is -1.94. The summed E-state index contributed by atoms with van der Waals surface area (Å²) in [7, 11) is -9.90. The smallest absolute Gasteiger partial charge is 0.462 e. The Morgan fingerprint density at radius 2 is 0.560 bits per heavy atom. The molecule has 19 heteroatoms. The number of carbonyl (C=O) groups is 4. The maximum atomic E-state index is 13.0. The van der Waals surface area contributed by atoms with E-state index in [-0.39, 0.29) is 25.7 Å². The molecular weight excluding hydrogens is 1200 g/mol. The number of phosphoric ester groups is 2. The van der Waals surface area contributed by atoms with Crippen LogP contribution in [0.4, 0.5) is 0 Å². The first-order valence-electron chi connectivity index (χ1n) is 37.4. The number of unbranched alkanes of at least 4 members (excludes halogenated alkanes) is 37. The molecule has 91 heavy (non-hydrogen) atoms. The predicted molar refractivity (Wildman–Crippen MR) is 368 cm³/mol. The van der Waals surface area contributed by atoms with Crippen molar-refractivity contribution in [1.29, 1.82) is 0 Å². The predicted octanol–water partition coefficient (Wildman–Crippen LogP) is 20.6. The SMILES string of the molecule is CCCCCCCC(=O)OC[C@H](COP(=O)(O)OC[C@H](O)COP(=O)(O)OC[C@@H](COC(=O)CCCCCCCCCCCCCCC(C)C)OC(=O)CCCCCCCCCCCCCCCCCCC(C)C)OC(=O)CCCCCCCCCCC(C)CC. The lowest BCUT2D eigenvalue weighted by molar-refractivity contribution is -0.161. The van der Waals surface area contributed by atoms with Gasteiger partial charge in [0.15, 0.2) is 12.2 Å². The van der Waals surface area contributed by atoms with Gasteiger partial charge >= 0.3 is 39.5 Å². The molecule has 0 aliphatic carbocycles. The highest BCUT2D eigenvalue weighted by molar-refractivity contribution is 7.47. The molecule has 3 unspecified atom stereocenters. The number of hydrogen-bond acceptors (Lipinski definition) is 15. The van der Waals surface area contributed by atoms with Gasteiger partial charge in [-0.05, 0) is 43.4 Å². The number of phosphoric acid groups is 2. The third-order valence-electron chi connectivity index (χ3n) is 17.0. The second kappa shape index (κ2) is 62.8. The fourth-order valence-corrected chi connectivity index (χ4v) is 12.4. The lowest BCUT2D eigenvalue weighted by Gasteiger charge is -2.21. The normalized spacial score (nSPS) is 14.5. The van der Waals surface area contributed by atoms with Crippen LogP contribution in [0.3, 0.4) is 0 Å². The molecule has 0 heterocycles. The van der Waals surface area contributed by atoms with Gasteiger partial charge in [-0.2, -0.15) is 0 Å². The van der Waals surface area contributed by atoms with Crippen LogP contribution < -0.4 is 0 Å². The maximum Gasteiger partial charge on any atom is 0.472 e. The van der Waals surface area contributed by atoms with Crippen molar-refractivity contribution in [2.45, 2.75) is 381 Å². The van der Waals surface area contributed by atoms with Crippen LogP contribution in [0.25, 0.3) is 0 Å². The second-order valence-electron chi connectivity index (χ2n) is 27.2. The van der Waals surface area contributed by atoms with Gasteiger partial charge in [-0.25, -0.2) is 9.13 Å². The van der Waals surface area contributed by atoms with Gasteiger partial charge in [0.2, 0.25) is 0 Å². The Balaban J connectivity index is 5.16. The highest BCUT2D eigenvalue weighted by Gasteiger charge is 2.30. The summed E-state index contributed by atoms with van der Waals surface area (Å²) in [6.07, 6.45) is 47.6. The molecule has 17 nitrogen and oxygen atoms in total. The summed E-state index contributed by atoms with van der Waals surface area (Å²) in [6, 6.07) is 0. The van der Waals surface area contributed by atoms with Gasteiger partial charge in [-0.15, -0.1) is 0 Å². The number of rotatable bonds is 70. The third kappa shape index (κ3) is 65.1. The van der Waals surface area contributed by atoms with Crippen molar-refractivity contribution < 1.29 is 80.2 Å². The molecular formula is C72H140O17P2. The van der Waals surface area contributed by atoms with Crippen molar-refractivity contribution in [2.24, 2.45) is 17.8 Å². The fourth-order valence-electron chi connectivity index (χ4n) is 10.9. The van der Waals surface area contributed by atoms with E-state index in [0.717, 1.165) is 114 Å². The Kier molecular flexibility index (Phi) is 61.5. The number of carbonyl (C=O) groups excluding carboxylic acids is 4. The summed E-state index contributed by atoms with van der Waals surface area (Å²) in [5, 5.41) is 10.6. The van der Waals surface area contributed by atoms with Crippen LogP contribution in [0, 0.1) is 17.8 Å². The zero-order valence-corrected chi connectivity index (χ0v) is 61.1. The monoisotopic (exact) mass is 1340 g/mol. The summed E-state index contributed by atoms with van der Waals surface area (Å²) >= 11 is 0. The van der Waals surface area contributed by atoms with E-state index in [9.17, 15) is 43.2 Å². The lowest BCUT2D eigenvalue weighted by Crippen LogP contribution is -2.30. The summed E-state index contributed by atoms with van der Waals surface area (Å²) < 4.78 is 68.1. The Morgan fingerprint density at radius 3 is 0.835 bits per heavy atom. The van der Waals surface area contributed by atoms with Gasteiger partial charge in [0.25, 0.3) is 0 Å². The molecule has 0 aromatic rings. The Labute approximate surface area is 556 Å². The van der Waals surface area contributed by atoms with Crippen LogP contribution in [-0.4, -0.2) is 96.7 Å². The summed E-state index contributed by atoms with van der Waals surface area (Å²) in [6.45, 7) is 11.8. The topological polar surface area (TPSA) is 237 Å². The molecule has 0 spiro atoms. The molecule has 0 amide bonds. The van der Waals surface area contributed by atoms with Gasteiger partial charge in [0, 0.05) is 25.7 Å². The highest BCUT2D eigenvalue weighted by atomic mass is 31.2. The zero-order chi connectivity index (χ0) is 67.3. The van der Waals surface area contributed by atoms with Crippen LogP contribution in [-0.2, 0) is 65.4 Å². The molecule has 0 aliphatic rings. The number of ether oxygens (including phenoxy) is 4. The Morgan fingerprint density at radius 1 is 0.319 bits per heavy atom. The molecule has 0 rings (SSSR count). The molecule has 0 fully saturated rings. The number of hydrogen-bond donors (Lipinski definition) is 3. The van der Waals surface area contributed by atoms with E-state index < -0.39 is 97.5 Å². The van der Waals surface area contributed by atoms with Crippen LogP contribution in [0.2, 0.25) is 0 Å². The second-order valence-corrected chi connectivity index (χ2v) is 30.1. The average molecular weight is 1340 g/mol. The maximum absolute atomic E-state index is 13.0. The Bertz CT molecular complexity index is 1790. The largest absolute Gasteiger partial charge is 0.472 e. The minimum absolute atomic E-state index is 0.104.